The molecule has 1 heterocycles. The van der Waals surface area contributed by atoms with Crippen LogP contribution in [0.4, 0.5) is 5.69 Å². The molecule has 1 aliphatic rings. The molecule has 0 aliphatic carbocycles. The van der Waals surface area contributed by atoms with Crippen molar-refractivity contribution in [2.24, 2.45) is 0 Å². The zero-order chi connectivity index (χ0) is 17.3. The van der Waals surface area contributed by atoms with E-state index in [2.05, 4.69) is 34.5 Å². The third-order valence-electron chi connectivity index (χ3n) is 4.42. The summed E-state index contributed by atoms with van der Waals surface area (Å²) in [7, 11) is 0. The number of piperazine rings is 1. The van der Waals surface area contributed by atoms with Gasteiger partial charge < -0.3 is 10.2 Å². The number of hydrogen-bond donors (Lipinski definition) is 1. The van der Waals surface area contributed by atoms with Gasteiger partial charge in [-0.1, -0.05) is 60.7 Å². The second-order valence-electron chi connectivity index (χ2n) is 6.21. The van der Waals surface area contributed by atoms with Gasteiger partial charge in [0.15, 0.2) is 0 Å². The number of nitrogens with one attached hydrogen (secondary N) is 1. The van der Waals surface area contributed by atoms with Gasteiger partial charge in [0, 0.05) is 38.4 Å². The van der Waals surface area contributed by atoms with Crippen molar-refractivity contribution in [3.05, 3.63) is 72.3 Å². The van der Waals surface area contributed by atoms with Crippen molar-refractivity contribution in [1.29, 1.82) is 0 Å². The van der Waals surface area contributed by atoms with Gasteiger partial charge in [0.1, 0.15) is 0 Å². The molecule has 1 aliphatic heterocycles. The van der Waals surface area contributed by atoms with E-state index >= 15 is 0 Å². The van der Waals surface area contributed by atoms with E-state index in [4.69, 9.17) is 0 Å². The lowest BCUT2D eigenvalue weighted by Gasteiger charge is -2.34. The molecule has 4 heteroatoms. The molecular weight excluding hydrogens is 310 g/mol. The molecule has 4 nitrogen and oxygen atoms in total. The molecule has 130 valence electrons. The van der Waals surface area contributed by atoms with Crippen LogP contribution in [-0.2, 0) is 4.79 Å². The number of benzene rings is 2. The summed E-state index contributed by atoms with van der Waals surface area (Å²) in [5.74, 6) is 0.170. The molecule has 1 N–H and O–H groups in total. The Morgan fingerprint density at radius 2 is 1.56 bits per heavy atom. The van der Waals surface area contributed by atoms with Gasteiger partial charge >= 0.3 is 0 Å². The smallest absolute Gasteiger partial charge is 0.241 e. The Hall–Kier alpha value is -2.59. The highest BCUT2D eigenvalue weighted by Crippen LogP contribution is 2.07. The van der Waals surface area contributed by atoms with Gasteiger partial charge in [0.2, 0.25) is 5.91 Å². The number of amides is 1. The SMILES string of the molecule is O=C(CNc1ccccc1)N1CCN(C/C=C/c2ccccc2)CC1. The first kappa shape index (κ1) is 17.2. The number of rotatable bonds is 6. The standard InChI is InChI=1S/C21H25N3O/c25-21(18-22-20-11-5-2-6-12-20)24-16-14-23(15-17-24)13-7-10-19-8-3-1-4-9-19/h1-12,22H,13-18H2/b10-7+. The minimum absolute atomic E-state index is 0.170. The number of carbonyl (C=O) groups is 1. The maximum Gasteiger partial charge on any atom is 0.241 e. The van der Waals surface area contributed by atoms with Gasteiger partial charge in [-0.3, -0.25) is 9.69 Å². The molecule has 2 aromatic rings. The quantitative estimate of drug-likeness (QED) is 0.882. The fraction of sp³-hybridized carbons (Fsp3) is 0.286. The number of anilines is 1. The molecule has 1 fully saturated rings. The van der Waals surface area contributed by atoms with Crippen LogP contribution < -0.4 is 5.32 Å². The van der Waals surface area contributed by atoms with Gasteiger partial charge in [0.25, 0.3) is 0 Å². The van der Waals surface area contributed by atoms with Crippen molar-refractivity contribution in [3.63, 3.8) is 0 Å². The minimum atomic E-state index is 0.170. The topological polar surface area (TPSA) is 35.6 Å². The van der Waals surface area contributed by atoms with Crippen LogP contribution in [0.25, 0.3) is 6.08 Å². The highest BCUT2D eigenvalue weighted by Gasteiger charge is 2.19. The van der Waals surface area contributed by atoms with Crippen molar-refractivity contribution in [2.45, 2.75) is 0 Å². The van der Waals surface area contributed by atoms with Crippen LogP contribution in [0.5, 0.6) is 0 Å². The lowest BCUT2D eigenvalue weighted by Crippen LogP contribution is -2.50. The van der Waals surface area contributed by atoms with E-state index in [1.165, 1.54) is 5.56 Å². The lowest BCUT2D eigenvalue weighted by atomic mass is 10.2. The summed E-state index contributed by atoms with van der Waals surface area (Å²) < 4.78 is 0. The average Bonchev–Trinajstić information content (AvgIpc) is 2.68. The molecule has 0 atom stereocenters. The zero-order valence-corrected chi connectivity index (χ0v) is 14.5. The number of para-hydroxylation sites is 1. The molecule has 1 saturated heterocycles. The molecule has 2 aromatic carbocycles. The highest BCUT2D eigenvalue weighted by atomic mass is 16.2. The van der Waals surface area contributed by atoms with Gasteiger partial charge in [0.05, 0.1) is 6.54 Å². The van der Waals surface area contributed by atoms with E-state index < -0.39 is 0 Å². The average molecular weight is 335 g/mol. The predicted molar refractivity (Wildman–Crippen MR) is 103 cm³/mol. The molecule has 0 unspecified atom stereocenters. The first-order valence-electron chi connectivity index (χ1n) is 8.82. The third kappa shape index (κ3) is 5.47. The summed E-state index contributed by atoms with van der Waals surface area (Å²) in [4.78, 5) is 16.6. The molecule has 0 bridgehead atoms. The molecule has 3 rings (SSSR count). The Bertz CT molecular complexity index is 677. The van der Waals surface area contributed by atoms with Crippen LogP contribution in [0, 0.1) is 0 Å². The molecule has 1 amide bonds. The molecule has 25 heavy (non-hydrogen) atoms. The van der Waals surface area contributed by atoms with Crippen LogP contribution in [0.15, 0.2) is 66.7 Å². The van der Waals surface area contributed by atoms with Gasteiger partial charge in [-0.25, -0.2) is 0 Å². The highest BCUT2D eigenvalue weighted by molar-refractivity contribution is 5.81. The normalized spacial score (nSPS) is 15.4. The van der Waals surface area contributed by atoms with Gasteiger partial charge in [-0.05, 0) is 17.7 Å². The molecular formula is C21H25N3O. The summed E-state index contributed by atoms with van der Waals surface area (Å²) in [6.45, 7) is 4.74. The Kier molecular flexibility index (Phi) is 6.23. The first-order chi connectivity index (χ1) is 12.3. The van der Waals surface area contributed by atoms with E-state index in [1.807, 2.05) is 53.4 Å². The Balaban J connectivity index is 1.38. The van der Waals surface area contributed by atoms with Crippen LogP contribution >= 0.6 is 0 Å². The van der Waals surface area contributed by atoms with Gasteiger partial charge in [-0.15, -0.1) is 0 Å². The summed E-state index contributed by atoms with van der Waals surface area (Å²) >= 11 is 0. The Morgan fingerprint density at radius 1 is 0.920 bits per heavy atom. The van der Waals surface area contributed by atoms with E-state index in [-0.39, 0.29) is 5.91 Å². The van der Waals surface area contributed by atoms with Crippen molar-refractivity contribution in [3.8, 4) is 0 Å². The second-order valence-corrected chi connectivity index (χ2v) is 6.21. The van der Waals surface area contributed by atoms with E-state index in [9.17, 15) is 4.79 Å². The van der Waals surface area contributed by atoms with Crippen molar-refractivity contribution in [2.75, 3.05) is 44.6 Å². The van der Waals surface area contributed by atoms with E-state index in [0.717, 1.165) is 38.4 Å². The van der Waals surface area contributed by atoms with Crippen molar-refractivity contribution >= 4 is 17.7 Å². The second kappa shape index (κ2) is 9.04. The summed E-state index contributed by atoms with van der Waals surface area (Å²) in [5.41, 5.74) is 2.21. The maximum absolute atomic E-state index is 12.3. The fourth-order valence-corrected chi connectivity index (χ4v) is 2.93. The van der Waals surface area contributed by atoms with E-state index in [0.29, 0.717) is 6.54 Å². The van der Waals surface area contributed by atoms with Crippen LogP contribution in [-0.4, -0.2) is 55.0 Å². The number of carbonyl (C=O) groups excluding carboxylic acids is 1. The zero-order valence-electron chi connectivity index (χ0n) is 14.5. The Labute approximate surface area is 149 Å². The summed E-state index contributed by atoms with van der Waals surface area (Å²) in [5, 5.41) is 3.19. The van der Waals surface area contributed by atoms with Crippen LogP contribution in [0.1, 0.15) is 5.56 Å². The lowest BCUT2D eigenvalue weighted by molar-refractivity contribution is -0.130. The summed E-state index contributed by atoms with van der Waals surface area (Å²) in [6.07, 6.45) is 4.35. The largest absolute Gasteiger partial charge is 0.376 e. The van der Waals surface area contributed by atoms with Gasteiger partial charge in [-0.2, -0.15) is 0 Å². The van der Waals surface area contributed by atoms with Crippen LogP contribution in [0.3, 0.4) is 0 Å². The summed E-state index contributed by atoms with van der Waals surface area (Å²) in [6, 6.07) is 20.2. The van der Waals surface area contributed by atoms with Crippen molar-refractivity contribution in [1.82, 2.24) is 9.80 Å². The maximum atomic E-state index is 12.3. The molecule has 0 spiro atoms. The minimum Gasteiger partial charge on any atom is -0.376 e. The van der Waals surface area contributed by atoms with Crippen molar-refractivity contribution < 1.29 is 4.79 Å². The third-order valence-corrected chi connectivity index (χ3v) is 4.42. The predicted octanol–water partition coefficient (Wildman–Crippen LogP) is 2.96. The molecule has 0 radical (unpaired) electrons. The molecule has 0 saturated carbocycles. The monoisotopic (exact) mass is 335 g/mol. The first-order valence-corrected chi connectivity index (χ1v) is 8.82. The van der Waals surface area contributed by atoms with Crippen LogP contribution in [0.2, 0.25) is 0 Å². The fourth-order valence-electron chi connectivity index (χ4n) is 2.93. The number of nitrogens with zero attached hydrogens (tertiary/aromatic N) is 2. The van der Waals surface area contributed by atoms with E-state index in [1.54, 1.807) is 0 Å². The number of hydrogen-bond acceptors (Lipinski definition) is 3. The Morgan fingerprint density at radius 3 is 2.24 bits per heavy atom. The molecule has 0 aromatic heterocycles.